The van der Waals surface area contributed by atoms with Crippen LogP contribution in [0.5, 0.6) is 0 Å². The van der Waals surface area contributed by atoms with E-state index >= 15 is 0 Å². The van der Waals surface area contributed by atoms with Gasteiger partial charge in [0.25, 0.3) is 0 Å². The molecule has 4 heteroatoms. The molecule has 1 amide bonds. The number of para-hydroxylation sites is 1. The number of carbonyl (C=O) groups excluding carboxylic acids is 1. The third-order valence-electron chi connectivity index (χ3n) is 3.71. The fourth-order valence-electron chi connectivity index (χ4n) is 2.40. The Morgan fingerprint density at radius 2 is 1.78 bits per heavy atom. The molecular formula is C19H23ClN2O. The summed E-state index contributed by atoms with van der Waals surface area (Å²) in [5, 5.41) is 7.02. The third kappa shape index (κ3) is 5.95. The summed E-state index contributed by atoms with van der Waals surface area (Å²) in [4.78, 5) is 11.9. The zero-order valence-electron chi connectivity index (χ0n) is 13.4. The molecular weight excluding hydrogens is 308 g/mol. The zero-order valence-corrected chi connectivity index (χ0v) is 14.2. The number of anilines is 1. The summed E-state index contributed by atoms with van der Waals surface area (Å²) in [5.41, 5.74) is 3.56. The highest BCUT2D eigenvalue weighted by atomic mass is 35.5. The monoisotopic (exact) mass is 330 g/mol. The normalized spacial score (nSPS) is 10.3. The molecule has 0 aliphatic carbocycles. The first kappa shape index (κ1) is 17.4. The fraction of sp³-hybridized carbons (Fsp3) is 0.316. The summed E-state index contributed by atoms with van der Waals surface area (Å²) in [5.74, 6) is 0.0699. The second-order valence-electron chi connectivity index (χ2n) is 5.41. The van der Waals surface area contributed by atoms with Gasteiger partial charge in [0.1, 0.15) is 0 Å². The topological polar surface area (TPSA) is 41.1 Å². The SMILES string of the molecule is CCc1ccccc1NCCC(=O)NCCc1ccc(Cl)cc1. The lowest BCUT2D eigenvalue weighted by Crippen LogP contribution is -2.27. The molecule has 0 aliphatic heterocycles. The van der Waals surface area contributed by atoms with Gasteiger partial charge in [-0.25, -0.2) is 0 Å². The summed E-state index contributed by atoms with van der Waals surface area (Å²) in [6.07, 6.45) is 2.27. The van der Waals surface area contributed by atoms with Crippen LogP contribution in [0.4, 0.5) is 5.69 Å². The van der Waals surface area contributed by atoms with Crippen molar-refractivity contribution in [1.82, 2.24) is 5.32 Å². The van der Waals surface area contributed by atoms with Crippen molar-refractivity contribution in [1.29, 1.82) is 0 Å². The zero-order chi connectivity index (χ0) is 16.5. The van der Waals surface area contributed by atoms with Crippen LogP contribution < -0.4 is 10.6 Å². The minimum absolute atomic E-state index is 0.0699. The molecule has 0 bridgehead atoms. The number of benzene rings is 2. The predicted octanol–water partition coefficient (Wildman–Crippen LogP) is 4.06. The van der Waals surface area contributed by atoms with Gasteiger partial charge in [0.15, 0.2) is 0 Å². The Bertz CT molecular complexity index is 626. The highest BCUT2D eigenvalue weighted by Gasteiger charge is 2.03. The van der Waals surface area contributed by atoms with Crippen LogP contribution in [0.2, 0.25) is 5.02 Å². The van der Waals surface area contributed by atoms with Crippen LogP contribution in [0.3, 0.4) is 0 Å². The first-order valence-corrected chi connectivity index (χ1v) is 8.39. The molecule has 0 saturated carbocycles. The second kappa shape index (κ2) is 9.21. The van der Waals surface area contributed by atoms with Crippen molar-refractivity contribution in [2.75, 3.05) is 18.4 Å². The molecule has 0 saturated heterocycles. The highest BCUT2D eigenvalue weighted by molar-refractivity contribution is 6.30. The Morgan fingerprint density at radius 1 is 1.04 bits per heavy atom. The van der Waals surface area contributed by atoms with Crippen LogP contribution in [0.1, 0.15) is 24.5 Å². The highest BCUT2D eigenvalue weighted by Crippen LogP contribution is 2.15. The first-order valence-electron chi connectivity index (χ1n) is 8.02. The van der Waals surface area contributed by atoms with E-state index in [0.29, 0.717) is 19.5 Å². The summed E-state index contributed by atoms with van der Waals surface area (Å²) < 4.78 is 0. The molecule has 0 spiro atoms. The third-order valence-corrected chi connectivity index (χ3v) is 3.97. The van der Waals surface area contributed by atoms with Crippen molar-refractivity contribution in [3.8, 4) is 0 Å². The molecule has 2 aromatic rings. The summed E-state index contributed by atoms with van der Waals surface area (Å²) in [7, 11) is 0. The standard InChI is InChI=1S/C19H23ClN2O/c1-2-16-5-3-4-6-18(16)21-14-12-19(23)22-13-11-15-7-9-17(20)10-8-15/h3-10,21H,2,11-14H2,1H3,(H,22,23). The lowest BCUT2D eigenvalue weighted by molar-refractivity contribution is -0.120. The minimum atomic E-state index is 0.0699. The van der Waals surface area contributed by atoms with Crippen LogP contribution in [-0.2, 0) is 17.6 Å². The van der Waals surface area contributed by atoms with Crippen LogP contribution >= 0.6 is 11.6 Å². The summed E-state index contributed by atoms with van der Waals surface area (Å²) >= 11 is 5.85. The van der Waals surface area contributed by atoms with Gasteiger partial charge in [-0.2, -0.15) is 0 Å². The Morgan fingerprint density at radius 3 is 2.52 bits per heavy atom. The lowest BCUT2D eigenvalue weighted by atomic mass is 10.1. The van der Waals surface area contributed by atoms with Crippen molar-refractivity contribution < 1.29 is 4.79 Å². The van der Waals surface area contributed by atoms with Crippen molar-refractivity contribution >= 4 is 23.2 Å². The van der Waals surface area contributed by atoms with Gasteiger partial charge in [-0.1, -0.05) is 48.9 Å². The predicted molar refractivity (Wildman–Crippen MR) is 97.1 cm³/mol. The van der Waals surface area contributed by atoms with Gasteiger partial charge in [0.05, 0.1) is 0 Å². The molecule has 2 N–H and O–H groups in total. The van der Waals surface area contributed by atoms with Gasteiger partial charge in [-0.05, 0) is 42.2 Å². The van der Waals surface area contributed by atoms with Crippen molar-refractivity contribution in [2.24, 2.45) is 0 Å². The Labute approximate surface area is 143 Å². The van der Waals surface area contributed by atoms with Crippen LogP contribution in [0.15, 0.2) is 48.5 Å². The molecule has 2 rings (SSSR count). The average molecular weight is 331 g/mol. The van der Waals surface area contributed by atoms with Crippen molar-refractivity contribution in [3.05, 3.63) is 64.7 Å². The molecule has 23 heavy (non-hydrogen) atoms. The largest absolute Gasteiger partial charge is 0.384 e. The molecule has 0 aromatic heterocycles. The lowest BCUT2D eigenvalue weighted by Gasteiger charge is -2.11. The Kier molecular flexibility index (Phi) is 6.95. The number of nitrogens with one attached hydrogen (secondary N) is 2. The molecule has 0 fully saturated rings. The van der Waals surface area contributed by atoms with E-state index in [2.05, 4.69) is 29.7 Å². The first-order chi connectivity index (χ1) is 11.2. The Hall–Kier alpha value is -2.00. The number of rotatable bonds is 8. The Balaban J connectivity index is 1.66. The van der Waals surface area contributed by atoms with Gasteiger partial charge in [-0.3, -0.25) is 4.79 Å². The van der Waals surface area contributed by atoms with E-state index in [-0.39, 0.29) is 5.91 Å². The van der Waals surface area contributed by atoms with E-state index in [4.69, 9.17) is 11.6 Å². The molecule has 0 unspecified atom stereocenters. The van der Waals surface area contributed by atoms with Crippen LogP contribution in [0.25, 0.3) is 0 Å². The van der Waals surface area contributed by atoms with E-state index < -0.39 is 0 Å². The number of halogens is 1. The maximum absolute atomic E-state index is 11.9. The van der Waals surface area contributed by atoms with Crippen LogP contribution in [0, 0.1) is 0 Å². The van der Waals surface area contributed by atoms with E-state index in [1.54, 1.807) is 0 Å². The molecule has 122 valence electrons. The number of amides is 1. The number of aryl methyl sites for hydroxylation is 1. The van der Waals surface area contributed by atoms with Gasteiger partial charge in [-0.15, -0.1) is 0 Å². The van der Waals surface area contributed by atoms with Crippen molar-refractivity contribution in [3.63, 3.8) is 0 Å². The quantitative estimate of drug-likeness (QED) is 0.766. The smallest absolute Gasteiger partial charge is 0.221 e. The van der Waals surface area contributed by atoms with Gasteiger partial charge >= 0.3 is 0 Å². The molecule has 0 aliphatic rings. The van der Waals surface area contributed by atoms with Crippen LogP contribution in [-0.4, -0.2) is 19.0 Å². The van der Waals surface area contributed by atoms with E-state index in [1.165, 1.54) is 11.1 Å². The van der Waals surface area contributed by atoms with Crippen molar-refractivity contribution in [2.45, 2.75) is 26.2 Å². The summed E-state index contributed by atoms with van der Waals surface area (Å²) in [6, 6.07) is 15.9. The molecule has 0 atom stereocenters. The summed E-state index contributed by atoms with van der Waals surface area (Å²) in [6.45, 7) is 3.42. The molecule has 0 radical (unpaired) electrons. The molecule has 0 heterocycles. The fourth-order valence-corrected chi connectivity index (χ4v) is 2.52. The van der Waals surface area contributed by atoms with Gasteiger partial charge < -0.3 is 10.6 Å². The van der Waals surface area contributed by atoms with E-state index in [0.717, 1.165) is 23.6 Å². The number of carbonyl (C=O) groups is 1. The molecule has 2 aromatic carbocycles. The van der Waals surface area contributed by atoms with Gasteiger partial charge in [0.2, 0.25) is 5.91 Å². The molecule has 3 nitrogen and oxygen atoms in total. The maximum Gasteiger partial charge on any atom is 0.221 e. The number of hydrogen-bond acceptors (Lipinski definition) is 2. The van der Waals surface area contributed by atoms with Gasteiger partial charge in [0, 0.05) is 30.2 Å². The average Bonchev–Trinajstić information content (AvgIpc) is 2.57. The second-order valence-corrected chi connectivity index (χ2v) is 5.85. The minimum Gasteiger partial charge on any atom is -0.384 e. The number of hydrogen-bond donors (Lipinski definition) is 2. The maximum atomic E-state index is 11.9. The van der Waals surface area contributed by atoms with E-state index in [1.807, 2.05) is 36.4 Å². The van der Waals surface area contributed by atoms with E-state index in [9.17, 15) is 4.79 Å².